The SMILES string of the molecule is CN(C)CCC(O)(SC1CCCCC1)c1ccc(-c2ccccc2)cc1. The van der Waals surface area contributed by atoms with E-state index in [0.717, 1.165) is 18.5 Å². The highest BCUT2D eigenvalue weighted by atomic mass is 32.2. The summed E-state index contributed by atoms with van der Waals surface area (Å²) in [5.74, 6) is 0. The molecule has 26 heavy (non-hydrogen) atoms. The fourth-order valence-electron chi connectivity index (χ4n) is 3.66. The Labute approximate surface area is 162 Å². The van der Waals surface area contributed by atoms with Crippen LogP contribution in [0.5, 0.6) is 0 Å². The molecule has 1 unspecified atom stereocenters. The summed E-state index contributed by atoms with van der Waals surface area (Å²) in [4.78, 5) is 1.35. The monoisotopic (exact) mass is 369 g/mol. The Morgan fingerprint density at radius 1 is 0.923 bits per heavy atom. The zero-order chi connectivity index (χ0) is 18.4. The van der Waals surface area contributed by atoms with Gasteiger partial charge in [-0.1, -0.05) is 73.9 Å². The Morgan fingerprint density at radius 2 is 1.54 bits per heavy atom. The highest BCUT2D eigenvalue weighted by Gasteiger charge is 2.33. The largest absolute Gasteiger partial charge is 0.375 e. The van der Waals surface area contributed by atoms with Crippen molar-refractivity contribution in [1.82, 2.24) is 4.90 Å². The minimum atomic E-state index is -0.804. The van der Waals surface area contributed by atoms with Gasteiger partial charge in [0, 0.05) is 18.2 Å². The van der Waals surface area contributed by atoms with Gasteiger partial charge in [0.25, 0.3) is 0 Å². The first-order valence-electron chi connectivity index (χ1n) is 9.78. The van der Waals surface area contributed by atoms with Crippen LogP contribution in [0.1, 0.15) is 44.1 Å². The molecular formula is C23H31NOS. The number of aliphatic hydroxyl groups is 1. The van der Waals surface area contributed by atoms with Gasteiger partial charge in [-0.05, 0) is 43.6 Å². The summed E-state index contributed by atoms with van der Waals surface area (Å²) in [6.45, 7) is 0.886. The van der Waals surface area contributed by atoms with E-state index in [4.69, 9.17) is 0 Å². The van der Waals surface area contributed by atoms with Gasteiger partial charge in [0.15, 0.2) is 0 Å². The lowest BCUT2D eigenvalue weighted by molar-refractivity contribution is 0.115. The van der Waals surface area contributed by atoms with E-state index in [0.29, 0.717) is 5.25 Å². The number of thioether (sulfide) groups is 1. The van der Waals surface area contributed by atoms with Gasteiger partial charge < -0.3 is 10.0 Å². The van der Waals surface area contributed by atoms with E-state index in [9.17, 15) is 5.11 Å². The number of hydrogen-bond acceptors (Lipinski definition) is 3. The molecule has 1 N–H and O–H groups in total. The molecule has 2 nitrogen and oxygen atoms in total. The van der Waals surface area contributed by atoms with Crippen molar-refractivity contribution in [3.8, 4) is 11.1 Å². The number of nitrogens with zero attached hydrogens (tertiary/aromatic N) is 1. The van der Waals surface area contributed by atoms with Crippen LogP contribution in [0.2, 0.25) is 0 Å². The van der Waals surface area contributed by atoms with E-state index in [2.05, 4.69) is 67.5 Å². The van der Waals surface area contributed by atoms with E-state index in [-0.39, 0.29) is 0 Å². The van der Waals surface area contributed by atoms with Crippen LogP contribution >= 0.6 is 11.8 Å². The third kappa shape index (κ3) is 5.12. The smallest absolute Gasteiger partial charge is 0.137 e. The second-order valence-electron chi connectivity index (χ2n) is 7.66. The van der Waals surface area contributed by atoms with Crippen LogP contribution in [-0.4, -0.2) is 35.9 Å². The molecule has 140 valence electrons. The molecule has 0 aliphatic heterocycles. The molecule has 0 amide bonds. The van der Waals surface area contributed by atoms with Crippen molar-refractivity contribution in [2.24, 2.45) is 0 Å². The maximum absolute atomic E-state index is 11.6. The van der Waals surface area contributed by atoms with Gasteiger partial charge >= 0.3 is 0 Å². The highest BCUT2D eigenvalue weighted by molar-refractivity contribution is 8.00. The zero-order valence-corrected chi connectivity index (χ0v) is 16.8. The summed E-state index contributed by atoms with van der Waals surface area (Å²) in [7, 11) is 4.15. The summed E-state index contributed by atoms with van der Waals surface area (Å²) in [5, 5.41) is 12.2. The Morgan fingerprint density at radius 3 is 2.15 bits per heavy atom. The lowest BCUT2D eigenvalue weighted by Gasteiger charge is -2.34. The molecule has 2 aromatic carbocycles. The molecule has 1 fully saturated rings. The molecule has 0 heterocycles. The van der Waals surface area contributed by atoms with Gasteiger partial charge in [0.2, 0.25) is 0 Å². The van der Waals surface area contributed by atoms with Gasteiger partial charge in [0.1, 0.15) is 4.93 Å². The topological polar surface area (TPSA) is 23.5 Å². The first kappa shape index (κ1) is 19.5. The van der Waals surface area contributed by atoms with E-state index in [1.165, 1.54) is 43.2 Å². The van der Waals surface area contributed by atoms with Crippen LogP contribution in [-0.2, 0) is 4.93 Å². The number of hydrogen-bond donors (Lipinski definition) is 1. The van der Waals surface area contributed by atoms with Crippen LogP contribution in [0, 0.1) is 0 Å². The Kier molecular flexibility index (Phi) is 6.80. The van der Waals surface area contributed by atoms with Gasteiger partial charge in [-0.3, -0.25) is 0 Å². The first-order chi connectivity index (χ1) is 12.6. The van der Waals surface area contributed by atoms with Gasteiger partial charge in [-0.15, -0.1) is 11.8 Å². The summed E-state index contributed by atoms with van der Waals surface area (Å²) >= 11 is 1.79. The maximum atomic E-state index is 11.6. The highest BCUT2D eigenvalue weighted by Crippen LogP contribution is 2.44. The third-order valence-electron chi connectivity index (χ3n) is 5.25. The molecule has 0 radical (unpaired) electrons. The van der Waals surface area contributed by atoms with E-state index >= 15 is 0 Å². The molecule has 0 saturated heterocycles. The van der Waals surface area contributed by atoms with Crippen molar-refractivity contribution < 1.29 is 5.11 Å². The second kappa shape index (κ2) is 9.07. The number of rotatable bonds is 7. The van der Waals surface area contributed by atoms with Crippen molar-refractivity contribution in [1.29, 1.82) is 0 Å². The van der Waals surface area contributed by atoms with Crippen LogP contribution in [0.3, 0.4) is 0 Å². The third-order valence-corrected chi connectivity index (χ3v) is 6.89. The summed E-state index contributed by atoms with van der Waals surface area (Å²) in [6.07, 6.45) is 7.17. The molecule has 1 atom stereocenters. The van der Waals surface area contributed by atoms with Gasteiger partial charge in [-0.25, -0.2) is 0 Å². The zero-order valence-electron chi connectivity index (χ0n) is 16.0. The summed E-state index contributed by atoms with van der Waals surface area (Å²) in [6, 6.07) is 19.0. The fourth-order valence-corrected chi connectivity index (χ4v) is 5.26. The Balaban J connectivity index is 1.80. The van der Waals surface area contributed by atoms with E-state index in [1.807, 2.05) is 6.07 Å². The Bertz CT molecular complexity index is 664. The van der Waals surface area contributed by atoms with Crippen LogP contribution < -0.4 is 0 Å². The molecule has 0 aromatic heterocycles. The van der Waals surface area contributed by atoms with Crippen molar-refractivity contribution in [3.05, 3.63) is 60.2 Å². The molecule has 1 saturated carbocycles. The van der Waals surface area contributed by atoms with Gasteiger partial charge in [-0.2, -0.15) is 0 Å². The Hall–Kier alpha value is -1.29. The first-order valence-corrected chi connectivity index (χ1v) is 10.7. The predicted octanol–water partition coefficient (Wildman–Crippen LogP) is 5.52. The molecule has 0 spiro atoms. The minimum absolute atomic E-state index is 0.574. The standard InChI is InChI=1S/C23H31NOS/c1-24(2)18-17-23(25,26-22-11-7-4-8-12-22)21-15-13-20(14-16-21)19-9-5-3-6-10-19/h3,5-6,9-10,13-16,22,25H,4,7-8,11-12,17-18H2,1-2H3. The lowest BCUT2D eigenvalue weighted by Crippen LogP contribution is -2.30. The molecule has 3 heteroatoms. The van der Waals surface area contributed by atoms with E-state index in [1.54, 1.807) is 11.8 Å². The van der Waals surface area contributed by atoms with Crippen molar-refractivity contribution in [2.45, 2.75) is 48.7 Å². The minimum Gasteiger partial charge on any atom is -0.375 e. The van der Waals surface area contributed by atoms with Gasteiger partial charge in [0.05, 0.1) is 0 Å². The van der Waals surface area contributed by atoms with Crippen molar-refractivity contribution in [3.63, 3.8) is 0 Å². The summed E-state index contributed by atoms with van der Waals surface area (Å²) < 4.78 is 0. The molecule has 1 aliphatic rings. The molecule has 2 aromatic rings. The average molecular weight is 370 g/mol. The predicted molar refractivity (Wildman–Crippen MR) is 113 cm³/mol. The van der Waals surface area contributed by atoms with Crippen LogP contribution in [0.4, 0.5) is 0 Å². The normalized spacial score (nSPS) is 18.0. The van der Waals surface area contributed by atoms with Crippen molar-refractivity contribution >= 4 is 11.8 Å². The number of benzene rings is 2. The second-order valence-corrected chi connectivity index (χ2v) is 9.24. The molecule has 1 aliphatic carbocycles. The van der Waals surface area contributed by atoms with Crippen molar-refractivity contribution in [2.75, 3.05) is 20.6 Å². The average Bonchev–Trinajstić information content (AvgIpc) is 2.68. The van der Waals surface area contributed by atoms with Crippen LogP contribution in [0.15, 0.2) is 54.6 Å². The molecular weight excluding hydrogens is 338 g/mol. The van der Waals surface area contributed by atoms with Crippen LogP contribution in [0.25, 0.3) is 11.1 Å². The fraction of sp³-hybridized carbons (Fsp3) is 0.478. The molecule has 3 rings (SSSR count). The maximum Gasteiger partial charge on any atom is 0.137 e. The summed E-state index contributed by atoms with van der Waals surface area (Å²) in [5.41, 5.74) is 3.46. The quantitative estimate of drug-likeness (QED) is 0.650. The molecule has 0 bridgehead atoms. The van der Waals surface area contributed by atoms with E-state index < -0.39 is 4.93 Å². The lowest BCUT2D eigenvalue weighted by atomic mass is 9.99.